The van der Waals surface area contributed by atoms with E-state index in [2.05, 4.69) is 9.72 Å². The number of pyridine rings is 1. The lowest BCUT2D eigenvalue weighted by atomic mass is 10.2. The molecule has 1 aromatic rings. The number of aromatic nitrogens is 1. The molecular weight excluding hydrogens is 363 g/mol. The van der Waals surface area contributed by atoms with Crippen molar-refractivity contribution < 1.29 is 27.2 Å². The summed E-state index contributed by atoms with van der Waals surface area (Å²) in [6, 6.07) is 0. The normalized spacial score (nSPS) is 11.4. The second kappa shape index (κ2) is 4.98. The first-order valence-electron chi connectivity index (χ1n) is 3.89. The van der Waals surface area contributed by atoms with Gasteiger partial charge in [0.2, 0.25) is 5.75 Å². The van der Waals surface area contributed by atoms with Gasteiger partial charge in [-0.2, -0.15) is 0 Å². The molecule has 0 bridgehead atoms. The molecule has 0 fully saturated rings. The van der Waals surface area contributed by atoms with Crippen LogP contribution in [0.2, 0.25) is 0 Å². The average Bonchev–Trinajstić information content (AvgIpc) is 2.17. The first-order valence-corrected chi connectivity index (χ1v) is 4.97. The zero-order valence-electron chi connectivity index (χ0n) is 7.79. The summed E-state index contributed by atoms with van der Waals surface area (Å²) in [5.41, 5.74) is -1.61. The molecule has 0 saturated heterocycles. The highest BCUT2D eigenvalue weighted by molar-refractivity contribution is 14.1. The third-order valence-electron chi connectivity index (χ3n) is 1.61. The van der Waals surface area contributed by atoms with Gasteiger partial charge in [-0.3, -0.25) is 10.1 Å². The van der Waals surface area contributed by atoms with Gasteiger partial charge in [-0.05, 0) is 22.6 Å². The van der Waals surface area contributed by atoms with Crippen LogP contribution >= 0.6 is 22.6 Å². The van der Waals surface area contributed by atoms with E-state index in [0.29, 0.717) is 6.20 Å². The number of alkyl halides is 4. The Labute approximate surface area is 105 Å². The van der Waals surface area contributed by atoms with Crippen LogP contribution in [0.25, 0.3) is 0 Å². The van der Waals surface area contributed by atoms with Gasteiger partial charge in [0.25, 0.3) is 0 Å². The molecule has 0 spiro atoms. The number of ether oxygens (including phenoxy) is 1. The minimum atomic E-state index is -5.10. The van der Waals surface area contributed by atoms with E-state index < -0.39 is 35.0 Å². The Morgan fingerprint density at radius 3 is 2.53 bits per heavy atom. The molecule has 1 heterocycles. The van der Waals surface area contributed by atoms with Gasteiger partial charge < -0.3 is 4.74 Å². The summed E-state index contributed by atoms with van der Waals surface area (Å²) in [4.78, 5) is 12.9. The number of halogens is 5. The third-order valence-corrected chi connectivity index (χ3v) is 2.53. The molecule has 0 aromatic carbocycles. The fraction of sp³-hybridized carbons (Fsp3) is 0.286. The van der Waals surface area contributed by atoms with Crippen LogP contribution in [0.4, 0.5) is 23.2 Å². The molecule has 0 saturated carbocycles. The predicted octanol–water partition coefficient (Wildman–Crippen LogP) is 2.96. The van der Waals surface area contributed by atoms with Gasteiger partial charge in [0.1, 0.15) is 10.4 Å². The standard InChI is InChI=1S/C7H3F4IN2O3/c8-1-3-5(14(15)16)4(2-13-6(3)12)17-7(9,10)11/h2H,1H2. The fourth-order valence-electron chi connectivity index (χ4n) is 1.02. The van der Waals surface area contributed by atoms with Crippen molar-refractivity contribution in [3.05, 3.63) is 25.6 Å². The van der Waals surface area contributed by atoms with Gasteiger partial charge in [-0.1, -0.05) is 0 Å². The van der Waals surface area contributed by atoms with Gasteiger partial charge in [0, 0.05) is 0 Å². The van der Waals surface area contributed by atoms with Crippen molar-refractivity contribution >= 4 is 28.3 Å². The first kappa shape index (κ1) is 13.9. The summed E-state index contributed by atoms with van der Waals surface area (Å²) in [5.74, 6) is -1.13. The van der Waals surface area contributed by atoms with Crippen molar-refractivity contribution in [2.45, 2.75) is 13.0 Å². The quantitative estimate of drug-likeness (QED) is 0.271. The van der Waals surface area contributed by atoms with Crippen LogP contribution in [0.1, 0.15) is 5.56 Å². The summed E-state index contributed by atoms with van der Waals surface area (Å²) in [6.07, 6.45) is -4.57. The Balaban J connectivity index is 3.36. The summed E-state index contributed by atoms with van der Waals surface area (Å²) >= 11 is 1.48. The zero-order chi connectivity index (χ0) is 13.2. The van der Waals surface area contributed by atoms with E-state index >= 15 is 0 Å². The van der Waals surface area contributed by atoms with Crippen LogP contribution in [0.5, 0.6) is 5.75 Å². The van der Waals surface area contributed by atoms with Gasteiger partial charge in [0.15, 0.2) is 0 Å². The maximum atomic E-state index is 12.5. The first-order chi connectivity index (χ1) is 7.76. The molecule has 0 N–H and O–H groups in total. The van der Waals surface area contributed by atoms with Crippen LogP contribution in [-0.4, -0.2) is 16.3 Å². The van der Waals surface area contributed by atoms with E-state index in [4.69, 9.17) is 0 Å². The Morgan fingerprint density at radius 2 is 2.12 bits per heavy atom. The van der Waals surface area contributed by atoms with Crippen LogP contribution in [0.15, 0.2) is 6.20 Å². The van der Waals surface area contributed by atoms with Crippen molar-refractivity contribution in [3.63, 3.8) is 0 Å². The highest BCUT2D eigenvalue weighted by atomic mass is 127. The van der Waals surface area contributed by atoms with Gasteiger partial charge in [0.05, 0.1) is 16.7 Å². The number of hydrogen-bond donors (Lipinski definition) is 0. The highest BCUT2D eigenvalue weighted by Crippen LogP contribution is 2.36. The van der Waals surface area contributed by atoms with Crippen LogP contribution in [0, 0.1) is 13.8 Å². The van der Waals surface area contributed by atoms with Crippen molar-refractivity contribution in [2.75, 3.05) is 0 Å². The molecule has 94 valence electrons. The van der Waals surface area contributed by atoms with E-state index in [1.165, 1.54) is 22.6 Å². The van der Waals surface area contributed by atoms with E-state index in [-0.39, 0.29) is 3.70 Å². The lowest BCUT2D eigenvalue weighted by Crippen LogP contribution is -2.18. The van der Waals surface area contributed by atoms with E-state index in [9.17, 15) is 27.7 Å². The predicted molar refractivity (Wildman–Crippen MR) is 55.1 cm³/mol. The smallest absolute Gasteiger partial charge is 0.397 e. The van der Waals surface area contributed by atoms with Crippen LogP contribution in [0.3, 0.4) is 0 Å². The van der Waals surface area contributed by atoms with E-state index in [1.807, 2.05) is 0 Å². The highest BCUT2D eigenvalue weighted by Gasteiger charge is 2.36. The molecule has 1 aromatic heterocycles. The summed E-state index contributed by atoms with van der Waals surface area (Å²) in [5, 5.41) is 10.6. The van der Waals surface area contributed by atoms with Gasteiger partial charge in [-0.25, -0.2) is 9.37 Å². The minimum Gasteiger partial charge on any atom is -0.397 e. The molecule has 0 aliphatic carbocycles. The third kappa shape index (κ3) is 3.38. The van der Waals surface area contributed by atoms with Crippen molar-refractivity contribution in [1.29, 1.82) is 0 Å². The van der Waals surface area contributed by atoms with Crippen LogP contribution in [-0.2, 0) is 6.67 Å². The summed E-state index contributed by atoms with van der Waals surface area (Å²) in [7, 11) is 0. The van der Waals surface area contributed by atoms with Crippen molar-refractivity contribution in [2.24, 2.45) is 0 Å². The summed E-state index contributed by atoms with van der Waals surface area (Å²) in [6.45, 7) is -1.31. The average molecular weight is 366 g/mol. The number of nitrogens with zero attached hydrogens (tertiary/aromatic N) is 2. The largest absolute Gasteiger partial charge is 0.573 e. The molecule has 0 aliphatic rings. The lowest BCUT2D eigenvalue weighted by molar-refractivity contribution is -0.389. The molecule has 0 radical (unpaired) electrons. The van der Waals surface area contributed by atoms with E-state index in [0.717, 1.165) is 0 Å². The molecular formula is C7H3F4IN2O3. The molecule has 17 heavy (non-hydrogen) atoms. The fourth-order valence-corrected chi connectivity index (χ4v) is 1.56. The second-order valence-corrected chi connectivity index (χ2v) is 3.70. The SMILES string of the molecule is O=[N+]([O-])c1c(OC(F)(F)F)cnc(I)c1CF. The Bertz CT molecular complexity index is 451. The van der Waals surface area contributed by atoms with Crippen molar-refractivity contribution in [3.8, 4) is 5.75 Å². The summed E-state index contributed by atoms with van der Waals surface area (Å²) < 4.78 is 51.7. The zero-order valence-corrected chi connectivity index (χ0v) is 9.95. The van der Waals surface area contributed by atoms with Gasteiger partial charge >= 0.3 is 12.0 Å². The van der Waals surface area contributed by atoms with E-state index in [1.54, 1.807) is 0 Å². The van der Waals surface area contributed by atoms with Gasteiger partial charge in [-0.15, -0.1) is 13.2 Å². The van der Waals surface area contributed by atoms with Crippen LogP contribution < -0.4 is 4.74 Å². The Kier molecular flexibility index (Phi) is 4.06. The topological polar surface area (TPSA) is 65.3 Å². The molecule has 1 rings (SSSR count). The lowest BCUT2D eigenvalue weighted by Gasteiger charge is -2.10. The second-order valence-electron chi connectivity index (χ2n) is 2.68. The number of rotatable bonds is 3. The maximum Gasteiger partial charge on any atom is 0.573 e. The number of nitro groups is 1. The molecule has 0 amide bonds. The molecule has 0 unspecified atom stereocenters. The monoisotopic (exact) mass is 366 g/mol. The maximum absolute atomic E-state index is 12.5. The Morgan fingerprint density at radius 1 is 1.53 bits per heavy atom. The molecule has 10 heteroatoms. The van der Waals surface area contributed by atoms with Crippen molar-refractivity contribution in [1.82, 2.24) is 4.98 Å². The molecule has 0 aliphatic heterocycles. The molecule has 0 atom stereocenters. The number of hydrogen-bond acceptors (Lipinski definition) is 4. The Hall–Kier alpha value is -1.20. The molecule has 5 nitrogen and oxygen atoms in total. The minimum absolute atomic E-state index is 0.0914.